The lowest BCUT2D eigenvalue weighted by Gasteiger charge is -2.26. The molecular formula is C60H44N4. The lowest BCUT2D eigenvalue weighted by atomic mass is 10.1. The minimum Gasteiger partial charge on any atom is -0.310 e. The molecule has 4 heteroatoms. The molecule has 0 fully saturated rings. The van der Waals surface area contributed by atoms with Gasteiger partial charge in [0.15, 0.2) is 0 Å². The quantitative estimate of drug-likeness (QED) is 0.152. The molecule has 12 aromatic rings. The smallest absolute Gasteiger partial charge is 0.0542 e. The number of nitrogens with zero attached hydrogens (tertiary/aromatic N) is 4. The second-order valence-corrected chi connectivity index (χ2v) is 16.8. The minimum absolute atomic E-state index is 1.11. The molecule has 0 radical (unpaired) electrons. The van der Waals surface area contributed by atoms with Crippen molar-refractivity contribution < 1.29 is 0 Å². The molecule has 10 aromatic carbocycles. The van der Waals surface area contributed by atoms with E-state index in [9.17, 15) is 0 Å². The predicted molar refractivity (Wildman–Crippen MR) is 271 cm³/mol. The van der Waals surface area contributed by atoms with E-state index in [2.05, 4.69) is 263 Å². The Kier molecular flexibility index (Phi) is 8.91. The van der Waals surface area contributed by atoms with Gasteiger partial charge in [-0.1, -0.05) is 126 Å². The highest BCUT2D eigenvalue weighted by atomic mass is 15.1. The van der Waals surface area contributed by atoms with Crippen molar-refractivity contribution in [2.45, 2.75) is 13.8 Å². The molecule has 0 saturated carbocycles. The van der Waals surface area contributed by atoms with E-state index in [0.29, 0.717) is 0 Å². The third-order valence-electron chi connectivity index (χ3n) is 12.8. The van der Waals surface area contributed by atoms with E-state index in [1.807, 2.05) is 0 Å². The van der Waals surface area contributed by atoms with Gasteiger partial charge < -0.3 is 18.9 Å². The molecule has 4 nitrogen and oxygen atoms in total. The standard InChI is InChI=1S/C60H44N4/c1-41-23-28-46(29-24-41)61(47-30-25-42(2)26-31-47)51-33-35-59-55(39-51)53-19-8-10-21-57(53)63(59)48-17-12-18-49(38-48)64-58-22-11-9-20-54(58)56-40-52(34-36-60(56)64)62(45-15-4-3-5-16-45)50-32-27-43-13-6-7-14-44(43)37-50/h3-40H,1-2H3. The molecule has 0 aliphatic carbocycles. The molecule has 64 heavy (non-hydrogen) atoms. The molecule has 0 unspecified atom stereocenters. The summed E-state index contributed by atoms with van der Waals surface area (Å²) >= 11 is 0. The molecular weight excluding hydrogens is 777 g/mol. The summed E-state index contributed by atoms with van der Waals surface area (Å²) < 4.78 is 4.85. The van der Waals surface area contributed by atoms with E-state index < -0.39 is 0 Å². The molecule has 0 aliphatic rings. The molecule has 0 atom stereocenters. The molecule has 0 bridgehead atoms. The van der Waals surface area contributed by atoms with Crippen molar-refractivity contribution in [3.05, 3.63) is 242 Å². The van der Waals surface area contributed by atoms with Crippen molar-refractivity contribution in [3.8, 4) is 11.4 Å². The first-order chi connectivity index (χ1) is 31.6. The van der Waals surface area contributed by atoms with Crippen molar-refractivity contribution in [2.24, 2.45) is 0 Å². The Morgan fingerprint density at radius 1 is 0.266 bits per heavy atom. The van der Waals surface area contributed by atoms with Gasteiger partial charge in [-0.3, -0.25) is 0 Å². The summed E-state index contributed by atoms with van der Waals surface area (Å²) in [5.41, 5.74) is 16.1. The van der Waals surface area contributed by atoms with E-state index in [1.54, 1.807) is 0 Å². The van der Waals surface area contributed by atoms with Gasteiger partial charge in [0.2, 0.25) is 0 Å². The Balaban J connectivity index is 1.00. The fraction of sp³-hybridized carbons (Fsp3) is 0.0333. The molecule has 0 spiro atoms. The van der Waals surface area contributed by atoms with Gasteiger partial charge in [0.05, 0.1) is 22.1 Å². The van der Waals surface area contributed by atoms with Gasteiger partial charge in [0, 0.05) is 67.0 Å². The molecule has 0 amide bonds. The van der Waals surface area contributed by atoms with Gasteiger partial charge >= 0.3 is 0 Å². The minimum atomic E-state index is 1.11. The summed E-state index contributed by atoms with van der Waals surface area (Å²) in [6.45, 7) is 4.28. The third kappa shape index (κ3) is 6.30. The molecule has 2 heterocycles. The Morgan fingerprint density at radius 3 is 1.23 bits per heavy atom. The second-order valence-electron chi connectivity index (χ2n) is 16.8. The topological polar surface area (TPSA) is 16.3 Å². The van der Waals surface area contributed by atoms with Crippen LogP contribution in [0, 0.1) is 13.8 Å². The molecule has 0 aliphatic heterocycles. The maximum absolute atomic E-state index is 2.42. The molecule has 304 valence electrons. The van der Waals surface area contributed by atoms with E-state index in [4.69, 9.17) is 0 Å². The Labute approximate surface area is 372 Å². The van der Waals surface area contributed by atoms with Gasteiger partial charge in [-0.2, -0.15) is 0 Å². The first kappa shape index (κ1) is 37.4. The van der Waals surface area contributed by atoms with Crippen molar-refractivity contribution in [3.63, 3.8) is 0 Å². The van der Waals surface area contributed by atoms with Gasteiger partial charge in [-0.05, 0) is 140 Å². The Bertz CT molecular complexity index is 3640. The first-order valence-corrected chi connectivity index (χ1v) is 22.0. The summed E-state index contributed by atoms with van der Waals surface area (Å²) in [4.78, 5) is 4.73. The number of anilines is 6. The number of hydrogen-bond acceptors (Lipinski definition) is 2. The lowest BCUT2D eigenvalue weighted by Crippen LogP contribution is -2.10. The van der Waals surface area contributed by atoms with Crippen LogP contribution in [0.4, 0.5) is 34.1 Å². The van der Waals surface area contributed by atoms with Crippen LogP contribution in [0.5, 0.6) is 0 Å². The number of aryl methyl sites for hydroxylation is 2. The van der Waals surface area contributed by atoms with E-state index in [1.165, 1.54) is 54.5 Å². The average molecular weight is 821 g/mol. The summed E-state index contributed by atoms with van der Waals surface area (Å²) in [6, 6.07) is 84.1. The summed E-state index contributed by atoms with van der Waals surface area (Å²) in [7, 11) is 0. The third-order valence-corrected chi connectivity index (χ3v) is 12.8. The number of hydrogen-bond donors (Lipinski definition) is 0. The van der Waals surface area contributed by atoms with Crippen LogP contribution >= 0.6 is 0 Å². The highest BCUT2D eigenvalue weighted by molar-refractivity contribution is 6.12. The van der Waals surface area contributed by atoms with Crippen LogP contribution in [0.25, 0.3) is 65.8 Å². The normalized spacial score (nSPS) is 11.6. The number of benzene rings is 10. The number of aromatic nitrogens is 2. The summed E-state index contributed by atoms with van der Waals surface area (Å²) in [6.07, 6.45) is 0. The Hall–Kier alpha value is -8.34. The van der Waals surface area contributed by atoms with Crippen molar-refractivity contribution >= 4 is 88.5 Å². The Morgan fingerprint density at radius 2 is 0.672 bits per heavy atom. The van der Waals surface area contributed by atoms with Crippen LogP contribution in [0.3, 0.4) is 0 Å². The molecule has 2 aromatic heterocycles. The summed E-state index contributed by atoms with van der Waals surface area (Å²) in [5.74, 6) is 0. The fourth-order valence-corrected chi connectivity index (χ4v) is 9.70. The maximum atomic E-state index is 2.42. The molecule has 12 rings (SSSR count). The van der Waals surface area contributed by atoms with Crippen molar-refractivity contribution in [1.82, 2.24) is 9.13 Å². The lowest BCUT2D eigenvalue weighted by molar-refractivity contribution is 1.13. The van der Waals surface area contributed by atoms with Crippen LogP contribution in [0.1, 0.15) is 11.1 Å². The van der Waals surface area contributed by atoms with Gasteiger partial charge in [0.1, 0.15) is 0 Å². The highest BCUT2D eigenvalue weighted by Gasteiger charge is 2.20. The van der Waals surface area contributed by atoms with Crippen molar-refractivity contribution in [2.75, 3.05) is 9.80 Å². The van der Waals surface area contributed by atoms with E-state index in [-0.39, 0.29) is 0 Å². The maximum Gasteiger partial charge on any atom is 0.0542 e. The number of para-hydroxylation sites is 3. The van der Waals surface area contributed by atoms with Crippen LogP contribution < -0.4 is 9.80 Å². The fourth-order valence-electron chi connectivity index (χ4n) is 9.70. The van der Waals surface area contributed by atoms with Crippen LogP contribution in [-0.2, 0) is 0 Å². The SMILES string of the molecule is Cc1ccc(N(c2ccc(C)cc2)c2ccc3c(c2)c2ccccc2n3-c2cccc(-n3c4ccccc4c4cc(N(c5ccccc5)c5ccc6ccccc6c5)ccc43)c2)cc1. The number of fused-ring (bicyclic) bond motifs is 7. The van der Waals surface area contributed by atoms with Crippen LogP contribution in [0.2, 0.25) is 0 Å². The predicted octanol–water partition coefficient (Wildman–Crippen LogP) is 16.6. The zero-order valence-corrected chi connectivity index (χ0v) is 35.7. The zero-order chi connectivity index (χ0) is 42.7. The second kappa shape index (κ2) is 15.2. The van der Waals surface area contributed by atoms with Gasteiger partial charge in [-0.25, -0.2) is 0 Å². The summed E-state index contributed by atoms with van der Waals surface area (Å²) in [5, 5.41) is 7.30. The van der Waals surface area contributed by atoms with Crippen molar-refractivity contribution in [1.29, 1.82) is 0 Å². The van der Waals surface area contributed by atoms with E-state index in [0.717, 1.165) is 56.5 Å². The monoisotopic (exact) mass is 820 g/mol. The average Bonchev–Trinajstić information content (AvgIpc) is 3.86. The highest BCUT2D eigenvalue weighted by Crippen LogP contribution is 2.43. The first-order valence-electron chi connectivity index (χ1n) is 22.0. The van der Waals surface area contributed by atoms with E-state index >= 15 is 0 Å². The largest absolute Gasteiger partial charge is 0.310 e. The molecule has 0 N–H and O–H groups in total. The zero-order valence-electron chi connectivity index (χ0n) is 35.7. The molecule has 0 saturated heterocycles. The van der Waals surface area contributed by atoms with Crippen LogP contribution in [-0.4, -0.2) is 9.13 Å². The van der Waals surface area contributed by atoms with Gasteiger partial charge in [0.25, 0.3) is 0 Å². The van der Waals surface area contributed by atoms with Crippen LogP contribution in [0.15, 0.2) is 231 Å². The number of rotatable bonds is 8. The van der Waals surface area contributed by atoms with Gasteiger partial charge in [-0.15, -0.1) is 0 Å².